The molecule has 0 amide bonds. The molecule has 7 heteroatoms. The maximum atomic E-state index is 9.34. The Hall–Kier alpha value is 1.40. The Balaban J connectivity index is 0. The van der Waals surface area contributed by atoms with E-state index in [-0.39, 0.29) is 29.6 Å². The SMILES string of the molecule is O=P(O)(O)OCl.[NaH]. The zero-order valence-corrected chi connectivity index (χ0v) is 4.19. The summed E-state index contributed by atoms with van der Waals surface area (Å²) in [6.07, 6.45) is 0. The summed E-state index contributed by atoms with van der Waals surface area (Å²) in [6.45, 7) is 0. The number of halogens is 1. The number of phosphoric acid groups is 1. The Bertz CT molecular complexity index is 75.8. The van der Waals surface area contributed by atoms with E-state index in [9.17, 15) is 4.57 Å². The fourth-order valence-electron chi connectivity index (χ4n) is 0. The van der Waals surface area contributed by atoms with Gasteiger partial charge in [0.05, 0.1) is 11.9 Å². The zero-order chi connectivity index (χ0) is 5.21. The molecular formula is H3ClNaO4P. The average Bonchev–Trinajstić information content (AvgIpc) is 1.35. The number of hydrogen-bond acceptors (Lipinski definition) is 2. The third kappa shape index (κ3) is 11.1. The van der Waals surface area contributed by atoms with Gasteiger partial charge in [-0.05, 0) is 0 Å². The van der Waals surface area contributed by atoms with Gasteiger partial charge in [0, 0.05) is 0 Å². The van der Waals surface area contributed by atoms with E-state index >= 15 is 0 Å². The first-order valence-corrected chi connectivity index (χ1v) is 2.76. The monoisotopic (exact) mass is 156 g/mol. The summed E-state index contributed by atoms with van der Waals surface area (Å²) in [5, 5.41) is 0. The van der Waals surface area contributed by atoms with E-state index < -0.39 is 7.82 Å². The first-order chi connectivity index (χ1) is 2.56. The van der Waals surface area contributed by atoms with Crippen LogP contribution in [0.25, 0.3) is 0 Å². The molecule has 0 unspecified atom stereocenters. The van der Waals surface area contributed by atoms with Gasteiger partial charge in [-0.25, -0.2) is 4.57 Å². The summed E-state index contributed by atoms with van der Waals surface area (Å²) in [5.41, 5.74) is 0. The molecule has 0 saturated carbocycles. The quantitative estimate of drug-likeness (QED) is 0.401. The van der Waals surface area contributed by atoms with Crippen molar-refractivity contribution in [1.29, 1.82) is 0 Å². The Morgan fingerprint density at radius 1 is 1.57 bits per heavy atom. The summed E-state index contributed by atoms with van der Waals surface area (Å²) >= 11 is 4.21. The Morgan fingerprint density at radius 2 is 1.71 bits per heavy atom. The number of rotatable bonds is 1. The molecule has 0 heterocycles. The second-order valence-corrected chi connectivity index (χ2v) is 2.09. The standard InChI is InChI=1S/ClH2O4P.Na.H/c1-5-6(2,3)4;;/h(H2,2,3,4);;. The summed E-state index contributed by atoms with van der Waals surface area (Å²) in [6, 6.07) is 0. The minimum atomic E-state index is -4.38. The van der Waals surface area contributed by atoms with E-state index in [0.717, 1.165) is 0 Å². The van der Waals surface area contributed by atoms with Crippen LogP contribution < -0.4 is 0 Å². The van der Waals surface area contributed by atoms with Gasteiger partial charge in [-0.1, -0.05) is 0 Å². The summed E-state index contributed by atoms with van der Waals surface area (Å²) in [7, 11) is -4.38. The third-order valence-electron chi connectivity index (χ3n) is 0.0899. The predicted octanol–water partition coefficient (Wildman–Crippen LogP) is -0.399. The van der Waals surface area contributed by atoms with Crippen LogP contribution in [0.1, 0.15) is 0 Å². The van der Waals surface area contributed by atoms with Crippen molar-refractivity contribution in [1.82, 2.24) is 0 Å². The van der Waals surface area contributed by atoms with Gasteiger partial charge in [-0.3, -0.25) is 0 Å². The van der Waals surface area contributed by atoms with Crippen molar-refractivity contribution in [3.05, 3.63) is 0 Å². The minimum absolute atomic E-state index is 0. The van der Waals surface area contributed by atoms with Gasteiger partial charge < -0.3 is 9.79 Å². The fourth-order valence-corrected chi connectivity index (χ4v) is 0. The molecule has 0 aliphatic rings. The van der Waals surface area contributed by atoms with Crippen molar-refractivity contribution in [2.24, 2.45) is 0 Å². The molecule has 0 saturated heterocycles. The van der Waals surface area contributed by atoms with Gasteiger partial charge in [-0.15, -0.1) is 0 Å². The zero-order valence-electron chi connectivity index (χ0n) is 2.54. The van der Waals surface area contributed by atoms with Crippen molar-refractivity contribution in [3.63, 3.8) is 0 Å². The molecule has 7 heavy (non-hydrogen) atoms. The van der Waals surface area contributed by atoms with Crippen molar-refractivity contribution < 1.29 is 18.4 Å². The van der Waals surface area contributed by atoms with E-state index in [1.54, 1.807) is 0 Å². The molecule has 0 aromatic rings. The number of hydrogen-bond donors (Lipinski definition) is 2. The average molecular weight is 156 g/mol. The molecule has 0 aliphatic carbocycles. The fraction of sp³-hybridized carbons (Fsp3) is 0. The molecule has 0 aliphatic heterocycles. The normalized spacial score (nSPS) is 10.1. The molecule has 0 rings (SSSR count). The van der Waals surface area contributed by atoms with E-state index in [0.29, 0.717) is 0 Å². The van der Waals surface area contributed by atoms with Gasteiger partial charge in [0.25, 0.3) is 0 Å². The van der Waals surface area contributed by atoms with Crippen molar-refractivity contribution in [2.45, 2.75) is 0 Å². The van der Waals surface area contributed by atoms with E-state index in [1.165, 1.54) is 0 Å². The predicted molar refractivity (Wildman–Crippen MR) is 26.1 cm³/mol. The van der Waals surface area contributed by atoms with Crippen LogP contribution in [0.4, 0.5) is 0 Å². The summed E-state index contributed by atoms with van der Waals surface area (Å²) in [5.74, 6) is 0. The van der Waals surface area contributed by atoms with Gasteiger partial charge in [-0.2, -0.15) is 4.08 Å². The second kappa shape index (κ2) is 4.30. The summed E-state index contributed by atoms with van der Waals surface area (Å²) in [4.78, 5) is 15.2. The molecule has 0 aromatic carbocycles. The van der Waals surface area contributed by atoms with Gasteiger partial charge >= 0.3 is 37.4 Å². The topological polar surface area (TPSA) is 66.8 Å². The molecule has 4 nitrogen and oxygen atoms in total. The Labute approximate surface area is 67.5 Å². The molecule has 40 valence electrons. The first-order valence-electron chi connectivity index (χ1n) is 0.919. The second-order valence-electron chi connectivity index (χ2n) is 0.560. The van der Waals surface area contributed by atoms with E-state index in [2.05, 4.69) is 15.9 Å². The van der Waals surface area contributed by atoms with E-state index in [1.807, 2.05) is 0 Å². The Morgan fingerprint density at radius 3 is 1.71 bits per heavy atom. The molecule has 0 radical (unpaired) electrons. The molecular weight excluding hydrogens is 153 g/mol. The van der Waals surface area contributed by atoms with Crippen LogP contribution >= 0.6 is 19.7 Å². The molecule has 2 N–H and O–H groups in total. The molecule has 0 spiro atoms. The van der Waals surface area contributed by atoms with Crippen molar-refractivity contribution in [3.8, 4) is 0 Å². The maximum absolute atomic E-state index is 9.34. The Kier molecular flexibility index (Phi) is 6.89. The summed E-state index contributed by atoms with van der Waals surface area (Å²) < 4.78 is 12.4. The van der Waals surface area contributed by atoms with Crippen molar-refractivity contribution in [2.75, 3.05) is 0 Å². The van der Waals surface area contributed by atoms with E-state index in [4.69, 9.17) is 9.79 Å². The van der Waals surface area contributed by atoms with Crippen LogP contribution in [0.15, 0.2) is 0 Å². The van der Waals surface area contributed by atoms with Crippen LogP contribution in [-0.4, -0.2) is 39.3 Å². The van der Waals surface area contributed by atoms with Gasteiger partial charge in [0.1, 0.15) is 0 Å². The van der Waals surface area contributed by atoms with Gasteiger partial charge in [0.15, 0.2) is 0 Å². The molecule has 0 atom stereocenters. The van der Waals surface area contributed by atoms with Gasteiger partial charge in [0.2, 0.25) is 0 Å². The van der Waals surface area contributed by atoms with Crippen molar-refractivity contribution >= 4 is 49.2 Å². The molecule has 0 aromatic heterocycles. The van der Waals surface area contributed by atoms with Crippen LogP contribution in [0.2, 0.25) is 0 Å². The third-order valence-corrected chi connectivity index (χ3v) is 0.809. The molecule has 0 bridgehead atoms. The van der Waals surface area contributed by atoms with Crippen LogP contribution in [0.3, 0.4) is 0 Å². The van der Waals surface area contributed by atoms with Crippen LogP contribution in [-0.2, 0) is 8.64 Å². The van der Waals surface area contributed by atoms with Crippen LogP contribution in [0, 0.1) is 0 Å². The molecule has 0 fully saturated rings. The van der Waals surface area contributed by atoms with Crippen LogP contribution in [0.5, 0.6) is 0 Å². The first kappa shape index (κ1) is 11.2.